The van der Waals surface area contributed by atoms with Gasteiger partial charge in [0.25, 0.3) is 21.6 Å². The molecule has 8 nitrogen and oxygen atoms in total. The highest BCUT2D eigenvalue weighted by Gasteiger charge is 2.25. The van der Waals surface area contributed by atoms with Gasteiger partial charge in [-0.1, -0.05) is 51.1 Å². The number of amides is 1. The second kappa shape index (κ2) is 8.80. The summed E-state index contributed by atoms with van der Waals surface area (Å²) >= 11 is 0. The van der Waals surface area contributed by atoms with E-state index < -0.39 is 25.5 Å². The average Bonchev–Trinajstić information content (AvgIpc) is 2.73. The van der Waals surface area contributed by atoms with E-state index in [4.69, 9.17) is 0 Å². The Bertz CT molecular complexity index is 1260. The quantitative estimate of drug-likeness (QED) is 0.405. The highest BCUT2D eigenvalue weighted by Crippen LogP contribution is 2.26. The maximum Gasteiger partial charge on any atom is 0.289 e. The van der Waals surface area contributed by atoms with Crippen LogP contribution in [-0.4, -0.2) is 19.2 Å². The lowest BCUT2D eigenvalue weighted by atomic mass is 9.87. The molecule has 166 valence electrons. The van der Waals surface area contributed by atoms with E-state index in [1.54, 1.807) is 24.3 Å². The van der Waals surface area contributed by atoms with Gasteiger partial charge in [-0.15, -0.1) is 0 Å². The maximum atomic E-state index is 12.7. The van der Waals surface area contributed by atoms with E-state index >= 15 is 0 Å². The Morgan fingerprint density at radius 2 is 1.53 bits per heavy atom. The van der Waals surface area contributed by atoms with Gasteiger partial charge in [-0.2, -0.15) is 0 Å². The van der Waals surface area contributed by atoms with Gasteiger partial charge < -0.3 is 5.32 Å². The van der Waals surface area contributed by atoms with Crippen molar-refractivity contribution in [2.24, 2.45) is 0 Å². The van der Waals surface area contributed by atoms with Crippen molar-refractivity contribution in [3.8, 4) is 0 Å². The van der Waals surface area contributed by atoms with Crippen LogP contribution in [0.15, 0.2) is 77.7 Å². The molecule has 0 aliphatic heterocycles. The minimum Gasteiger partial charge on any atom is -0.322 e. The van der Waals surface area contributed by atoms with Gasteiger partial charge in [0.05, 0.1) is 10.6 Å². The zero-order chi connectivity index (χ0) is 23.5. The molecule has 0 spiro atoms. The molecule has 0 saturated heterocycles. The molecule has 0 aliphatic rings. The molecule has 3 aromatic carbocycles. The van der Waals surface area contributed by atoms with E-state index in [0.29, 0.717) is 11.3 Å². The van der Waals surface area contributed by atoms with Gasteiger partial charge in [0.2, 0.25) is 0 Å². The van der Waals surface area contributed by atoms with Crippen molar-refractivity contribution in [1.82, 2.24) is 0 Å². The average molecular weight is 454 g/mol. The third kappa shape index (κ3) is 5.30. The number of para-hydroxylation sites is 1. The van der Waals surface area contributed by atoms with Crippen molar-refractivity contribution in [1.29, 1.82) is 0 Å². The Kier molecular flexibility index (Phi) is 6.31. The van der Waals surface area contributed by atoms with Gasteiger partial charge in [-0.3, -0.25) is 19.6 Å². The number of nitro groups is 1. The van der Waals surface area contributed by atoms with Crippen LogP contribution in [-0.2, 0) is 15.4 Å². The lowest BCUT2D eigenvalue weighted by Crippen LogP contribution is -2.16. The molecule has 2 N–H and O–H groups in total. The van der Waals surface area contributed by atoms with E-state index in [2.05, 4.69) is 30.8 Å². The minimum absolute atomic E-state index is 0.0334. The summed E-state index contributed by atoms with van der Waals surface area (Å²) < 4.78 is 27.7. The fourth-order valence-electron chi connectivity index (χ4n) is 3.03. The Labute approximate surface area is 186 Å². The first-order valence-electron chi connectivity index (χ1n) is 9.75. The molecule has 0 bridgehead atoms. The molecule has 0 unspecified atom stereocenters. The summed E-state index contributed by atoms with van der Waals surface area (Å²) in [5.41, 5.74) is 1.53. The Morgan fingerprint density at radius 3 is 2.16 bits per heavy atom. The predicted molar refractivity (Wildman–Crippen MR) is 123 cm³/mol. The van der Waals surface area contributed by atoms with Crippen molar-refractivity contribution in [2.75, 3.05) is 10.0 Å². The zero-order valence-electron chi connectivity index (χ0n) is 17.8. The van der Waals surface area contributed by atoms with Crippen LogP contribution in [0.3, 0.4) is 0 Å². The Hall–Kier alpha value is -3.72. The smallest absolute Gasteiger partial charge is 0.289 e. The summed E-state index contributed by atoms with van der Waals surface area (Å²) in [6.07, 6.45) is 0. The molecule has 1 amide bonds. The number of rotatable bonds is 6. The molecular formula is C23H23N3O5S. The van der Waals surface area contributed by atoms with E-state index in [0.717, 1.165) is 17.7 Å². The summed E-state index contributed by atoms with van der Waals surface area (Å²) in [5.74, 6) is -0.343. The second-order valence-corrected chi connectivity index (χ2v) is 9.84. The highest BCUT2D eigenvalue weighted by molar-refractivity contribution is 7.92. The van der Waals surface area contributed by atoms with Gasteiger partial charge in [-0.25, -0.2) is 8.42 Å². The van der Waals surface area contributed by atoms with Crippen molar-refractivity contribution in [3.63, 3.8) is 0 Å². The van der Waals surface area contributed by atoms with Crippen LogP contribution in [0.5, 0.6) is 0 Å². The molecule has 0 atom stereocenters. The largest absolute Gasteiger partial charge is 0.322 e. The van der Waals surface area contributed by atoms with E-state index in [1.165, 1.54) is 24.3 Å². The monoisotopic (exact) mass is 453 g/mol. The first-order chi connectivity index (χ1) is 15.0. The molecule has 0 heterocycles. The highest BCUT2D eigenvalue weighted by atomic mass is 32.2. The predicted octanol–water partition coefficient (Wildman–Crippen LogP) is 4.95. The third-order valence-corrected chi connectivity index (χ3v) is 6.17. The van der Waals surface area contributed by atoms with Gasteiger partial charge in [-0.05, 0) is 47.4 Å². The van der Waals surface area contributed by atoms with Crippen LogP contribution < -0.4 is 10.0 Å². The standard InChI is InChI=1S/C23H23N3O5S/c1-23(2,3)17-13-11-16(12-14-17)22(27)24-18-7-6-8-19(15-18)25-32(30,31)21-10-5-4-9-20(21)26(28)29/h4-15,25H,1-3H3,(H,24,27). The van der Waals surface area contributed by atoms with Crippen molar-refractivity contribution in [2.45, 2.75) is 31.1 Å². The van der Waals surface area contributed by atoms with E-state index in [1.807, 2.05) is 12.1 Å². The Morgan fingerprint density at radius 1 is 0.906 bits per heavy atom. The summed E-state index contributed by atoms with van der Waals surface area (Å²) in [6, 6.07) is 18.4. The molecule has 0 fully saturated rings. The molecule has 0 aliphatic carbocycles. The molecule has 0 aromatic heterocycles. The molecular weight excluding hydrogens is 430 g/mol. The topological polar surface area (TPSA) is 118 Å². The lowest BCUT2D eigenvalue weighted by molar-refractivity contribution is -0.387. The third-order valence-electron chi connectivity index (χ3n) is 4.74. The summed E-state index contributed by atoms with van der Waals surface area (Å²) in [7, 11) is -4.21. The summed E-state index contributed by atoms with van der Waals surface area (Å²) in [4.78, 5) is 22.6. The molecule has 0 radical (unpaired) electrons. The van der Waals surface area contributed by atoms with Gasteiger partial charge in [0.15, 0.2) is 4.90 Å². The first kappa shape index (κ1) is 23.0. The number of nitro benzene ring substituents is 1. The number of hydrogen-bond acceptors (Lipinski definition) is 5. The zero-order valence-corrected chi connectivity index (χ0v) is 18.6. The van der Waals surface area contributed by atoms with Crippen LogP contribution in [0, 0.1) is 10.1 Å². The number of carbonyl (C=O) groups is 1. The fraction of sp³-hybridized carbons (Fsp3) is 0.174. The van der Waals surface area contributed by atoms with Crippen LogP contribution in [0.1, 0.15) is 36.7 Å². The molecule has 0 saturated carbocycles. The minimum atomic E-state index is -4.21. The van der Waals surface area contributed by atoms with E-state index in [9.17, 15) is 23.3 Å². The summed E-state index contributed by atoms with van der Waals surface area (Å²) in [6.45, 7) is 6.25. The van der Waals surface area contributed by atoms with Crippen molar-refractivity contribution < 1.29 is 18.1 Å². The van der Waals surface area contributed by atoms with Crippen LogP contribution in [0.25, 0.3) is 0 Å². The van der Waals surface area contributed by atoms with Crippen molar-refractivity contribution >= 4 is 33.0 Å². The summed E-state index contributed by atoms with van der Waals surface area (Å²) in [5, 5.41) is 13.9. The normalized spacial score (nSPS) is 11.6. The molecule has 32 heavy (non-hydrogen) atoms. The lowest BCUT2D eigenvalue weighted by Gasteiger charge is -2.19. The number of anilines is 2. The SMILES string of the molecule is CC(C)(C)c1ccc(C(=O)Nc2cccc(NS(=O)(=O)c3ccccc3[N+](=O)[O-])c2)cc1. The second-order valence-electron chi connectivity index (χ2n) is 8.19. The maximum absolute atomic E-state index is 12.7. The van der Waals surface area contributed by atoms with E-state index in [-0.39, 0.29) is 17.0 Å². The van der Waals surface area contributed by atoms with Crippen molar-refractivity contribution in [3.05, 3.63) is 94.0 Å². The van der Waals surface area contributed by atoms with Crippen LogP contribution in [0.2, 0.25) is 0 Å². The number of carbonyl (C=O) groups excluding carboxylic acids is 1. The van der Waals surface area contributed by atoms with Gasteiger partial charge >= 0.3 is 0 Å². The number of benzene rings is 3. The number of hydrogen-bond donors (Lipinski definition) is 2. The van der Waals surface area contributed by atoms with Gasteiger partial charge in [0.1, 0.15) is 0 Å². The van der Waals surface area contributed by atoms with Crippen LogP contribution >= 0.6 is 0 Å². The molecule has 3 rings (SSSR count). The number of nitrogens with one attached hydrogen (secondary N) is 2. The number of sulfonamides is 1. The fourth-order valence-corrected chi connectivity index (χ4v) is 4.25. The molecule has 9 heteroatoms. The number of nitrogens with zero attached hydrogens (tertiary/aromatic N) is 1. The first-order valence-corrected chi connectivity index (χ1v) is 11.2. The molecule has 3 aromatic rings. The van der Waals surface area contributed by atoms with Crippen LogP contribution in [0.4, 0.5) is 17.1 Å². The van der Waals surface area contributed by atoms with Gasteiger partial charge in [0, 0.05) is 17.3 Å². The Balaban J connectivity index is 1.79.